The van der Waals surface area contributed by atoms with Gasteiger partial charge < -0.3 is 5.11 Å². The molecule has 1 aromatic carbocycles. The number of aliphatic hydroxyl groups is 1. The summed E-state index contributed by atoms with van der Waals surface area (Å²) in [4.78, 5) is 0. The van der Waals surface area contributed by atoms with E-state index >= 15 is 0 Å². The zero-order valence-corrected chi connectivity index (χ0v) is 8.53. The molecule has 1 atom stereocenters. The van der Waals surface area contributed by atoms with Crippen LogP contribution in [-0.4, -0.2) is 5.11 Å². The fraction of sp³-hybridized carbons (Fsp3) is 0.385. The van der Waals surface area contributed by atoms with Crippen LogP contribution in [0.4, 0.5) is 0 Å². The minimum Gasteiger partial charge on any atom is -0.389 e. The van der Waals surface area contributed by atoms with Crippen molar-refractivity contribution in [3.05, 3.63) is 41.5 Å². The van der Waals surface area contributed by atoms with Crippen molar-refractivity contribution < 1.29 is 5.11 Å². The molecule has 1 heteroatoms. The fourth-order valence-corrected chi connectivity index (χ4v) is 2.07. The van der Waals surface area contributed by atoms with Gasteiger partial charge in [-0.25, -0.2) is 0 Å². The fourth-order valence-electron chi connectivity index (χ4n) is 2.07. The normalized spacial score (nSPS) is 18.0. The van der Waals surface area contributed by atoms with Crippen molar-refractivity contribution in [3.63, 3.8) is 0 Å². The molecule has 0 bridgehead atoms. The number of allylic oxidation sites excluding steroid dienone is 2. The maximum Gasteiger partial charge on any atom is 0.0767 e. The van der Waals surface area contributed by atoms with Crippen LogP contribution < -0.4 is 0 Å². The van der Waals surface area contributed by atoms with E-state index < -0.39 is 0 Å². The predicted octanol–water partition coefficient (Wildman–Crippen LogP) is 3.31. The molecule has 0 heterocycles. The van der Waals surface area contributed by atoms with Gasteiger partial charge in [-0.15, -0.1) is 0 Å². The van der Waals surface area contributed by atoms with Gasteiger partial charge in [-0.05, 0) is 42.9 Å². The van der Waals surface area contributed by atoms with Gasteiger partial charge in [0.05, 0.1) is 6.10 Å². The van der Waals surface area contributed by atoms with E-state index in [1.54, 1.807) is 0 Å². The summed E-state index contributed by atoms with van der Waals surface area (Å²) in [6.07, 6.45) is 5.52. The zero-order chi connectivity index (χ0) is 9.97. The number of hydrogen-bond donors (Lipinski definition) is 1. The molecule has 0 aromatic heterocycles. The minimum absolute atomic E-state index is 0.368. The summed E-state index contributed by atoms with van der Waals surface area (Å²) < 4.78 is 0. The van der Waals surface area contributed by atoms with E-state index in [9.17, 15) is 5.11 Å². The highest BCUT2D eigenvalue weighted by Crippen LogP contribution is 2.32. The molecule has 1 unspecified atom stereocenters. The highest BCUT2D eigenvalue weighted by Gasteiger charge is 2.13. The van der Waals surface area contributed by atoms with E-state index in [-0.39, 0.29) is 6.10 Å². The summed E-state index contributed by atoms with van der Waals surface area (Å²) in [6.45, 7) is 1.83. The average molecular weight is 188 g/mol. The van der Waals surface area contributed by atoms with Gasteiger partial charge in [0.25, 0.3) is 0 Å². The Morgan fingerprint density at radius 3 is 2.71 bits per heavy atom. The molecule has 1 aliphatic rings. The molecule has 14 heavy (non-hydrogen) atoms. The van der Waals surface area contributed by atoms with Crippen LogP contribution in [0, 0.1) is 0 Å². The Balaban J connectivity index is 2.41. The van der Waals surface area contributed by atoms with Crippen LogP contribution >= 0.6 is 0 Å². The van der Waals surface area contributed by atoms with E-state index in [1.807, 2.05) is 25.1 Å². The van der Waals surface area contributed by atoms with Crippen molar-refractivity contribution in [2.24, 2.45) is 0 Å². The molecule has 0 saturated carbocycles. The van der Waals surface area contributed by atoms with Crippen LogP contribution in [0.15, 0.2) is 30.3 Å². The summed E-state index contributed by atoms with van der Waals surface area (Å²) in [7, 11) is 0. The van der Waals surface area contributed by atoms with Gasteiger partial charge in [0.1, 0.15) is 0 Å². The van der Waals surface area contributed by atoms with Gasteiger partial charge in [-0.2, -0.15) is 0 Å². The first-order valence-corrected chi connectivity index (χ1v) is 5.25. The first-order valence-electron chi connectivity index (χ1n) is 5.25. The summed E-state index contributed by atoms with van der Waals surface area (Å²) in [6, 6.07) is 8.15. The Kier molecular flexibility index (Phi) is 2.69. The summed E-state index contributed by atoms with van der Waals surface area (Å²) in [5.74, 6) is 0. The van der Waals surface area contributed by atoms with E-state index in [4.69, 9.17) is 0 Å². The molecule has 2 rings (SSSR count). The van der Waals surface area contributed by atoms with Crippen LogP contribution in [0.1, 0.15) is 43.4 Å². The molecule has 0 fully saturated rings. The molecule has 0 amide bonds. The van der Waals surface area contributed by atoms with E-state index in [1.165, 1.54) is 24.0 Å². The Morgan fingerprint density at radius 2 is 2.07 bits per heavy atom. The lowest BCUT2D eigenvalue weighted by molar-refractivity contribution is 0.199. The number of rotatable bonds is 2. The van der Waals surface area contributed by atoms with Crippen LogP contribution in [0.3, 0.4) is 0 Å². The molecule has 0 spiro atoms. The van der Waals surface area contributed by atoms with Crippen LogP contribution in [0.5, 0.6) is 0 Å². The van der Waals surface area contributed by atoms with E-state index in [0.29, 0.717) is 0 Å². The van der Waals surface area contributed by atoms with Gasteiger partial charge in [-0.1, -0.05) is 30.3 Å². The lowest BCUT2D eigenvalue weighted by atomic mass is 9.96. The van der Waals surface area contributed by atoms with Gasteiger partial charge in [0.15, 0.2) is 0 Å². The largest absolute Gasteiger partial charge is 0.389 e. The molecule has 0 radical (unpaired) electrons. The number of benzene rings is 1. The Hall–Kier alpha value is -1.08. The standard InChI is InChI=1S/C13H16O/c1-10(14)12-8-4-5-9-13(12)11-6-2-3-7-11/h4-6,8-10,14H,2-3,7H2,1H3. The van der Waals surface area contributed by atoms with Crippen molar-refractivity contribution in [3.8, 4) is 0 Å². The summed E-state index contributed by atoms with van der Waals surface area (Å²) >= 11 is 0. The summed E-state index contributed by atoms with van der Waals surface area (Å²) in [5.41, 5.74) is 3.70. The Morgan fingerprint density at radius 1 is 1.29 bits per heavy atom. The second kappa shape index (κ2) is 3.97. The molecular formula is C13H16O. The van der Waals surface area contributed by atoms with Crippen molar-refractivity contribution in [1.82, 2.24) is 0 Å². The van der Waals surface area contributed by atoms with Crippen molar-refractivity contribution in [2.45, 2.75) is 32.3 Å². The minimum atomic E-state index is -0.368. The number of hydrogen-bond acceptors (Lipinski definition) is 1. The number of aliphatic hydroxyl groups excluding tert-OH is 1. The molecule has 1 aromatic rings. The molecule has 1 aliphatic carbocycles. The maximum absolute atomic E-state index is 9.64. The lowest BCUT2D eigenvalue weighted by Gasteiger charge is -2.12. The second-order valence-corrected chi connectivity index (χ2v) is 3.88. The first-order chi connectivity index (χ1) is 6.79. The SMILES string of the molecule is CC(O)c1ccccc1C1=CCCC1. The Bertz CT molecular complexity index is 350. The van der Waals surface area contributed by atoms with Crippen LogP contribution in [-0.2, 0) is 0 Å². The third-order valence-corrected chi connectivity index (χ3v) is 2.80. The highest BCUT2D eigenvalue weighted by atomic mass is 16.3. The van der Waals surface area contributed by atoms with Crippen molar-refractivity contribution >= 4 is 5.57 Å². The molecule has 1 N–H and O–H groups in total. The second-order valence-electron chi connectivity index (χ2n) is 3.88. The van der Waals surface area contributed by atoms with Crippen molar-refractivity contribution in [2.75, 3.05) is 0 Å². The smallest absolute Gasteiger partial charge is 0.0767 e. The third-order valence-electron chi connectivity index (χ3n) is 2.80. The molecule has 74 valence electrons. The topological polar surface area (TPSA) is 20.2 Å². The summed E-state index contributed by atoms with van der Waals surface area (Å²) in [5, 5.41) is 9.64. The Labute approximate surface area is 85.1 Å². The van der Waals surface area contributed by atoms with Gasteiger partial charge >= 0.3 is 0 Å². The average Bonchev–Trinajstić information content (AvgIpc) is 2.70. The maximum atomic E-state index is 9.64. The van der Waals surface area contributed by atoms with Gasteiger partial charge in [0, 0.05) is 0 Å². The zero-order valence-electron chi connectivity index (χ0n) is 8.53. The van der Waals surface area contributed by atoms with E-state index in [0.717, 1.165) is 12.0 Å². The van der Waals surface area contributed by atoms with Crippen LogP contribution in [0.2, 0.25) is 0 Å². The third kappa shape index (κ3) is 1.73. The van der Waals surface area contributed by atoms with E-state index in [2.05, 4.69) is 12.1 Å². The highest BCUT2D eigenvalue weighted by molar-refractivity contribution is 5.70. The first kappa shape index (κ1) is 9.47. The molecular weight excluding hydrogens is 172 g/mol. The van der Waals surface area contributed by atoms with Gasteiger partial charge in [0.2, 0.25) is 0 Å². The van der Waals surface area contributed by atoms with Crippen LogP contribution in [0.25, 0.3) is 5.57 Å². The van der Waals surface area contributed by atoms with Crippen molar-refractivity contribution in [1.29, 1.82) is 0 Å². The lowest BCUT2D eigenvalue weighted by Crippen LogP contribution is -1.96. The molecule has 0 saturated heterocycles. The molecule has 1 nitrogen and oxygen atoms in total. The monoisotopic (exact) mass is 188 g/mol. The molecule has 0 aliphatic heterocycles. The predicted molar refractivity (Wildman–Crippen MR) is 58.9 cm³/mol. The van der Waals surface area contributed by atoms with Gasteiger partial charge in [-0.3, -0.25) is 0 Å². The quantitative estimate of drug-likeness (QED) is 0.755.